The van der Waals surface area contributed by atoms with E-state index in [0.29, 0.717) is 12.8 Å². The van der Waals surface area contributed by atoms with Gasteiger partial charge in [0.05, 0.1) is 25.4 Å². The Labute approximate surface area is 303 Å². The van der Waals surface area contributed by atoms with E-state index in [0.717, 1.165) is 38.5 Å². The van der Waals surface area contributed by atoms with Gasteiger partial charge in [0.25, 0.3) is 0 Å². The standard InChI is InChI=1S/C40H83N2O6P/c1-3-5-7-9-11-13-15-16-17-18-19-20-21-22-23-24-25-27-29-31-33-39(43)38(37-48-49(45,46)47-36-35-41)42-40(44)34-32-30-28-26-14-12-10-8-6-4-2/h38-39,43H,3-37,41H2,1-2H3,(H,42,44)(H,45,46). The molecule has 0 radical (unpaired) electrons. The molecule has 0 saturated carbocycles. The smallest absolute Gasteiger partial charge is 0.391 e. The van der Waals surface area contributed by atoms with E-state index in [2.05, 4.69) is 19.2 Å². The summed E-state index contributed by atoms with van der Waals surface area (Å²) in [7, 11) is -4.30. The predicted octanol–water partition coefficient (Wildman–Crippen LogP) is 11.4. The molecular weight excluding hydrogens is 635 g/mol. The van der Waals surface area contributed by atoms with Gasteiger partial charge >= 0.3 is 7.82 Å². The van der Waals surface area contributed by atoms with Crippen molar-refractivity contribution in [1.29, 1.82) is 0 Å². The number of aliphatic hydroxyl groups excluding tert-OH is 1. The number of phosphoric acid groups is 1. The van der Waals surface area contributed by atoms with E-state index in [1.54, 1.807) is 0 Å². The molecule has 0 bridgehead atoms. The fourth-order valence-corrected chi connectivity index (χ4v) is 7.25. The van der Waals surface area contributed by atoms with Gasteiger partial charge in [-0.2, -0.15) is 0 Å². The van der Waals surface area contributed by atoms with Crippen molar-refractivity contribution >= 4 is 13.7 Å². The Morgan fingerprint density at radius 1 is 0.592 bits per heavy atom. The summed E-state index contributed by atoms with van der Waals surface area (Å²) >= 11 is 0. The number of phosphoric ester groups is 1. The molecule has 3 atom stereocenters. The fourth-order valence-electron chi connectivity index (χ4n) is 6.49. The van der Waals surface area contributed by atoms with E-state index in [-0.39, 0.29) is 25.7 Å². The zero-order valence-electron chi connectivity index (χ0n) is 32.5. The Morgan fingerprint density at radius 2 is 0.939 bits per heavy atom. The molecule has 5 N–H and O–H groups in total. The minimum atomic E-state index is -4.30. The molecule has 0 fully saturated rings. The van der Waals surface area contributed by atoms with Gasteiger partial charge in [0.2, 0.25) is 5.91 Å². The van der Waals surface area contributed by atoms with Crippen LogP contribution >= 0.6 is 7.82 Å². The highest BCUT2D eigenvalue weighted by atomic mass is 31.2. The predicted molar refractivity (Wildman–Crippen MR) is 208 cm³/mol. The van der Waals surface area contributed by atoms with E-state index in [9.17, 15) is 19.4 Å². The molecule has 8 nitrogen and oxygen atoms in total. The number of nitrogens with one attached hydrogen (secondary N) is 1. The monoisotopic (exact) mass is 719 g/mol. The minimum absolute atomic E-state index is 0.0923. The zero-order chi connectivity index (χ0) is 36.1. The van der Waals surface area contributed by atoms with Crippen LogP contribution in [0.25, 0.3) is 0 Å². The summed E-state index contributed by atoms with van der Waals surface area (Å²) < 4.78 is 22.1. The SMILES string of the molecule is CCCCCCCCCCCCCCCCCCCCCCC(O)C(COP(=O)(O)OCCN)NC(=O)CCCCCCCCCCCC. The highest BCUT2D eigenvalue weighted by Gasteiger charge is 2.27. The van der Waals surface area contributed by atoms with Crippen LogP contribution < -0.4 is 11.1 Å². The van der Waals surface area contributed by atoms with E-state index >= 15 is 0 Å². The highest BCUT2D eigenvalue weighted by Crippen LogP contribution is 2.43. The fraction of sp³-hybridized carbons (Fsp3) is 0.975. The third-order valence-corrected chi connectivity index (χ3v) is 10.7. The molecule has 0 spiro atoms. The van der Waals surface area contributed by atoms with Crippen LogP contribution in [-0.2, 0) is 18.4 Å². The quantitative estimate of drug-likeness (QED) is 0.0366. The molecule has 0 aliphatic carbocycles. The molecule has 0 aliphatic rings. The molecule has 1 amide bonds. The lowest BCUT2D eigenvalue weighted by atomic mass is 10.0. The van der Waals surface area contributed by atoms with Crippen molar-refractivity contribution in [2.45, 2.75) is 231 Å². The molecule has 0 heterocycles. The number of carbonyl (C=O) groups is 1. The molecule has 0 saturated heterocycles. The first-order valence-electron chi connectivity index (χ1n) is 21.2. The van der Waals surface area contributed by atoms with Crippen LogP contribution in [-0.4, -0.2) is 47.8 Å². The second kappa shape index (κ2) is 37.3. The molecule has 9 heteroatoms. The van der Waals surface area contributed by atoms with Gasteiger partial charge in [0, 0.05) is 13.0 Å². The topological polar surface area (TPSA) is 131 Å². The number of amides is 1. The summed E-state index contributed by atoms with van der Waals surface area (Å²) in [4.78, 5) is 22.6. The first kappa shape index (κ1) is 48.5. The van der Waals surface area contributed by atoms with Gasteiger partial charge in [-0.05, 0) is 12.8 Å². The lowest BCUT2D eigenvalue weighted by Gasteiger charge is -2.25. The molecule has 0 aromatic rings. The number of unbranched alkanes of at least 4 members (excludes halogenated alkanes) is 28. The van der Waals surface area contributed by atoms with Gasteiger partial charge in [-0.25, -0.2) is 4.57 Å². The second-order valence-corrected chi connectivity index (χ2v) is 16.0. The number of carbonyl (C=O) groups excluding carboxylic acids is 1. The van der Waals surface area contributed by atoms with Crippen LogP contribution in [0.4, 0.5) is 0 Å². The summed E-state index contributed by atoms with van der Waals surface area (Å²) in [6.45, 7) is 4.21. The first-order valence-corrected chi connectivity index (χ1v) is 22.6. The van der Waals surface area contributed by atoms with E-state index in [1.165, 1.54) is 154 Å². The number of hydrogen-bond donors (Lipinski definition) is 4. The van der Waals surface area contributed by atoms with Crippen molar-refractivity contribution in [2.24, 2.45) is 5.73 Å². The summed E-state index contributed by atoms with van der Waals surface area (Å²) in [6, 6.07) is -0.766. The highest BCUT2D eigenvalue weighted by molar-refractivity contribution is 7.47. The van der Waals surface area contributed by atoms with Crippen molar-refractivity contribution in [2.75, 3.05) is 19.8 Å². The summed E-state index contributed by atoms with van der Waals surface area (Å²) in [6.07, 6.45) is 38.3. The number of hydrogen-bond acceptors (Lipinski definition) is 6. The van der Waals surface area contributed by atoms with Gasteiger partial charge in [-0.15, -0.1) is 0 Å². The van der Waals surface area contributed by atoms with Gasteiger partial charge in [0.1, 0.15) is 0 Å². The first-order chi connectivity index (χ1) is 23.9. The van der Waals surface area contributed by atoms with Gasteiger partial charge in [0.15, 0.2) is 0 Å². The van der Waals surface area contributed by atoms with E-state index in [1.807, 2.05) is 0 Å². The van der Waals surface area contributed by atoms with E-state index in [4.69, 9.17) is 14.8 Å². The van der Waals surface area contributed by atoms with Crippen molar-refractivity contribution in [3.63, 3.8) is 0 Å². The Bertz CT molecular complexity index is 744. The Hall–Kier alpha value is -0.500. The maximum atomic E-state index is 12.7. The average Bonchev–Trinajstić information content (AvgIpc) is 3.09. The molecule has 294 valence electrons. The minimum Gasteiger partial charge on any atom is -0.391 e. The maximum Gasteiger partial charge on any atom is 0.472 e. The largest absolute Gasteiger partial charge is 0.472 e. The van der Waals surface area contributed by atoms with Crippen molar-refractivity contribution in [3.8, 4) is 0 Å². The van der Waals surface area contributed by atoms with Crippen molar-refractivity contribution in [3.05, 3.63) is 0 Å². The molecule has 3 unspecified atom stereocenters. The summed E-state index contributed by atoms with van der Waals surface area (Å²) in [5.74, 6) is -0.161. The molecule has 0 aromatic carbocycles. The van der Waals surface area contributed by atoms with Crippen LogP contribution in [0.15, 0.2) is 0 Å². The van der Waals surface area contributed by atoms with Crippen molar-refractivity contribution in [1.82, 2.24) is 5.32 Å². The third-order valence-electron chi connectivity index (χ3n) is 9.71. The van der Waals surface area contributed by atoms with Crippen LogP contribution in [0.5, 0.6) is 0 Å². The summed E-state index contributed by atoms with van der Waals surface area (Å²) in [5, 5.41) is 13.8. The van der Waals surface area contributed by atoms with Crippen LogP contribution in [0, 0.1) is 0 Å². The molecule has 0 aromatic heterocycles. The third kappa shape index (κ3) is 35.7. The van der Waals surface area contributed by atoms with Gasteiger partial charge in [-0.1, -0.05) is 200 Å². The number of aliphatic hydroxyl groups is 1. The lowest BCUT2D eigenvalue weighted by Crippen LogP contribution is -2.46. The normalized spacial score (nSPS) is 14.1. The van der Waals surface area contributed by atoms with Crippen molar-refractivity contribution < 1.29 is 28.4 Å². The van der Waals surface area contributed by atoms with E-state index < -0.39 is 20.0 Å². The number of nitrogens with two attached hydrogens (primary N) is 1. The van der Waals surface area contributed by atoms with Crippen LogP contribution in [0.3, 0.4) is 0 Å². The van der Waals surface area contributed by atoms with Gasteiger partial charge < -0.3 is 21.1 Å². The Morgan fingerprint density at radius 3 is 1.31 bits per heavy atom. The molecular formula is C40H83N2O6P. The zero-order valence-corrected chi connectivity index (χ0v) is 33.3. The molecule has 0 rings (SSSR count). The molecule has 49 heavy (non-hydrogen) atoms. The second-order valence-electron chi connectivity index (χ2n) is 14.6. The lowest BCUT2D eigenvalue weighted by molar-refractivity contribution is -0.123. The van der Waals surface area contributed by atoms with Crippen LogP contribution in [0.2, 0.25) is 0 Å². The number of rotatable bonds is 40. The maximum absolute atomic E-state index is 12.7. The molecule has 0 aliphatic heterocycles. The Kier molecular flexibility index (Phi) is 36.9. The average molecular weight is 719 g/mol. The van der Waals surface area contributed by atoms with Gasteiger partial charge in [-0.3, -0.25) is 13.8 Å². The summed E-state index contributed by atoms with van der Waals surface area (Å²) in [5.41, 5.74) is 5.37. The van der Waals surface area contributed by atoms with Crippen LogP contribution in [0.1, 0.15) is 219 Å². The Balaban J connectivity index is 4.06.